The van der Waals surface area contributed by atoms with E-state index in [0.717, 1.165) is 22.0 Å². The van der Waals surface area contributed by atoms with E-state index in [1.54, 1.807) is 13.2 Å². The van der Waals surface area contributed by atoms with Crippen LogP contribution in [0.15, 0.2) is 83.4 Å². The number of benzene rings is 4. The molecule has 6 heteroatoms. The lowest BCUT2D eigenvalue weighted by Crippen LogP contribution is -2.29. The Morgan fingerprint density at radius 2 is 1.89 bits per heavy atom. The van der Waals surface area contributed by atoms with Gasteiger partial charge in [0.05, 0.1) is 17.6 Å². The lowest BCUT2D eigenvalue weighted by molar-refractivity contribution is 0.282. The van der Waals surface area contributed by atoms with E-state index in [0.29, 0.717) is 40.0 Å². The Hall–Kier alpha value is -2.66. The van der Waals surface area contributed by atoms with E-state index in [2.05, 4.69) is 81.9 Å². The van der Waals surface area contributed by atoms with Crippen LogP contribution >= 0.6 is 39.1 Å². The number of ether oxygens (including phenoxy) is 2. The van der Waals surface area contributed by atoms with Gasteiger partial charge in [0.15, 0.2) is 11.5 Å². The molecule has 0 spiro atoms. The first-order chi connectivity index (χ1) is 17.5. The Balaban J connectivity index is 1.36. The molecule has 4 aromatic carbocycles. The van der Waals surface area contributed by atoms with Gasteiger partial charge in [0, 0.05) is 32.6 Å². The zero-order valence-corrected chi connectivity index (χ0v) is 22.7. The van der Waals surface area contributed by atoms with Gasteiger partial charge in [-0.15, -0.1) is 0 Å². The molecule has 36 heavy (non-hydrogen) atoms. The number of rotatable bonds is 5. The van der Waals surface area contributed by atoms with Gasteiger partial charge in [-0.25, -0.2) is 0 Å². The molecule has 2 aliphatic rings. The molecule has 0 bridgehead atoms. The lowest BCUT2D eigenvalue weighted by Gasteiger charge is -2.38. The average Bonchev–Trinajstić information content (AvgIpc) is 3.38. The quantitative estimate of drug-likeness (QED) is 0.238. The molecule has 1 aliphatic carbocycles. The van der Waals surface area contributed by atoms with Gasteiger partial charge in [0.25, 0.3) is 0 Å². The van der Waals surface area contributed by atoms with Crippen LogP contribution in [0.2, 0.25) is 10.0 Å². The van der Waals surface area contributed by atoms with Crippen molar-refractivity contribution in [1.29, 1.82) is 0 Å². The summed E-state index contributed by atoms with van der Waals surface area (Å²) < 4.78 is 12.8. The van der Waals surface area contributed by atoms with E-state index in [-0.39, 0.29) is 6.04 Å². The molecule has 0 amide bonds. The van der Waals surface area contributed by atoms with Crippen LogP contribution in [0.4, 0.5) is 5.69 Å². The van der Waals surface area contributed by atoms with Crippen LogP contribution in [0.1, 0.15) is 35.1 Å². The maximum absolute atomic E-state index is 6.35. The van der Waals surface area contributed by atoms with Crippen molar-refractivity contribution < 1.29 is 9.47 Å². The van der Waals surface area contributed by atoms with Crippen LogP contribution in [0.3, 0.4) is 0 Å². The van der Waals surface area contributed by atoms with Gasteiger partial charge in [-0.1, -0.05) is 77.8 Å². The van der Waals surface area contributed by atoms with Crippen LogP contribution in [-0.2, 0) is 6.61 Å². The molecule has 3 atom stereocenters. The first-order valence-corrected chi connectivity index (χ1v) is 13.5. The third kappa shape index (κ3) is 4.15. The summed E-state index contributed by atoms with van der Waals surface area (Å²) in [7, 11) is 1.67. The highest BCUT2D eigenvalue weighted by Crippen LogP contribution is 2.52. The number of hydrogen-bond donors (Lipinski definition) is 1. The molecular weight excluding hydrogens is 557 g/mol. The minimum absolute atomic E-state index is 0.133. The minimum Gasteiger partial charge on any atom is -0.493 e. The Morgan fingerprint density at radius 1 is 1.03 bits per heavy atom. The van der Waals surface area contributed by atoms with Crippen LogP contribution in [0.5, 0.6) is 11.5 Å². The monoisotopic (exact) mass is 579 g/mol. The average molecular weight is 581 g/mol. The zero-order valence-electron chi connectivity index (χ0n) is 19.6. The van der Waals surface area contributed by atoms with Crippen LogP contribution in [0.25, 0.3) is 10.8 Å². The molecular formula is C30H24BrCl2NO2. The maximum Gasteiger partial charge on any atom is 0.175 e. The summed E-state index contributed by atoms with van der Waals surface area (Å²) in [5.74, 6) is 2.13. The number of fused-ring (bicyclic) bond motifs is 5. The van der Waals surface area contributed by atoms with Gasteiger partial charge >= 0.3 is 0 Å². The summed E-state index contributed by atoms with van der Waals surface area (Å²) in [5, 5.41) is 7.58. The van der Waals surface area contributed by atoms with Gasteiger partial charge in [-0.05, 0) is 69.0 Å². The van der Waals surface area contributed by atoms with Crippen LogP contribution in [0, 0.1) is 5.92 Å². The fourth-order valence-electron chi connectivity index (χ4n) is 5.52. The Kier molecular flexibility index (Phi) is 6.37. The van der Waals surface area contributed by atoms with Crippen molar-refractivity contribution in [2.24, 2.45) is 5.92 Å². The van der Waals surface area contributed by atoms with Crippen molar-refractivity contribution in [2.45, 2.75) is 25.0 Å². The molecule has 3 nitrogen and oxygen atoms in total. The molecule has 6 rings (SSSR count). The largest absolute Gasteiger partial charge is 0.493 e. The number of halogens is 3. The van der Waals surface area contributed by atoms with Crippen LogP contribution in [-0.4, -0.2) is 7.11 Å². The number of allylic oxidation sites excluding steroid dienone is 2. The number of methoxy groups -OCH3 is 1. The van der Waals surface area contributed by atoms with Crippen molar-refractivity contribution in [3.63, 3.8) is 0 Å². The highest BCUT2D eigenvalue weighted by Gasteiger charge is 2.39. The number of nitrogens with one attached hydrogen (secondary N) is 1. The Labute approximate surface area is 229 Å². The van der Waals surface area contributed by atoms with Crippen LogP contribution < -0.4 is 14.8 Å². The van der Waals surface area contributed by atoms with Crippen molar-refractivity contribution in [3.05, 3.63) is 110 Å². The highest BCUT2D eigenvalue weighted by molar-refractivity contribution is 9.10. The van der Waals surface area contributed by atoms with Gasteiger partial charge < -0.3 is 14.8 Å². The summed E-state index contributed by atoms with van der Waals surface area (Å²) in [6.07, 6.45) is 5.71. The Morgan fingerprint density at radius 3 is 2.72 bits per heavy atom. The fourth-order valence-corrected chi connectivity index (χ4v) is 6.56. The van der Waals surface area contributed by atoms with E-state index < -0.39 is 0 Å². The minimum atomic E-state index is 0.133. The molecule has 0 saturated heterocycles. The molecule has 0 radical (unpaired) electrons. The smallest absolute Gasteiger partial charge is 0.175 e. The van der Waals surface area contributed by atoms with E-state index in [9.17, 15) is 0 Å². The van der Waals surface area contributed by atoms with Crippen molar-refractivity contribution >= 4 is 55.6 Å². The fraction of sp³-hybridized carbons (Fsp3) is 0.200. The first-order valence-electron chi connectivity index (χ1n) is 11.9. The predicted octanol–water partition coefficient (Wildman–Crippen LogP) is 9.32. The molecule has 1 aliphatic heterocycles. The SMILES string of the molecule is COc1cc([C@@H]2Nc3c(ccc4ccccc34)[C@@H]3C=CC[C@@H]32)cc(Br)c1OCc1ccc(Cl)cc1Cl. The molecule has 0 fully saturated rings. The highest BCUT2D eigenvalue weighted by atomic mass is 79.9. The number of anilines is 1. The zero-order chi connectivity index (χ0) is 24.8. The Bertz CT molecular complexity index is 1500. The van der Waals surface area contributed by atoms with Crippen molar-refractivity contribution in [1.82, 2.24) is 0 Å². The van der Waals surface area contributed by atoms with E-state index >= 15 is 0 Å². The van der Waals surface area contributed by atoms with Gasteiger partial charge in [-0.2, -0.15) is 0 Å². The summed E-state index contributed by atoms with van der Waals surface area (Å²) in [6, 6.07) is 22.9. The summed E-state index contributed by atoms with van der Waals surface area (Å²) >= 11 is 16.1. The maximum atomic E-state index is 6.35. The van der Waals surface area contributed by atoms with Gasteiger partial charge in [0.2, 0.25) is 0 Å². The van der Waals surface area contributed by atoms with E-state index in [1.807, 2.05) is 12.1 Å². The molecule has 0 saturated carbocycles. The molecule has 1 N–H and O–H groups in total. The molecule has 0 unspecified atom stereocenters. The van der Waals surface area contributed by atoms with E-state index in [4.69, 9.17) is 32.7 Å². The second-order valence-electron chi connectivity index (χ2n) is 9.28. The topological polar surface area (TPSA) is 30.5 Å². The first kappa shape index (κ1) is 23.7. The summed E-state index contributed by atoms with van der Waals surface area (Å²) in [5.41, 5.74) is 4.61. The molecule has 182 valence electrons. The number of hydrogen-bond acceptors (Lipinski definition) is 3. The summed E-state index contributed by atoms with van der Waals surface area (Å²) in [6.45, 7) is 0.306. The second-order valence-corrected chi connectivity index (χ2v) is 11.0. The van der Waals surface area contributed by atoms with Crippen molar-refractivity contribution in [2.75, 3.05) is 12.4 Å². The predicted molar refractivity (Wildman–Crippen MR) is 152 cm³/mol. The second kappa shape index (κ2) is 9.66. The van der Waals surface area contributed by atoms with Gasteiger partial charge in [0.1, 0.15) is 6.61 Å². The summed E-state index contributed by atoms with van der Waals surface area (Å²) in [4.78, 5) is 0. The molecule has 0 aromatic heterocycles. The molecule has 4 aromatic rings. The normalized spacial score (nSPS) is 20.1. The van der Waals surface area contributed by atoms with Crippen molar-refractivity contribution in [3.8, 4) is 11.5 Å². The third-order valence-electron chi connectivity index (χ3n) is 7.26. The molecule has 1 heterocycles. The van der Waals surface area contributed by atoms with E-state index in [1.165, 1.54) is 22.0 Å². The van der Waals surface area contributed by atoms with Gasteiger partial charge in [-0.3, -0.25) is 0 Å². The lowest BCUT2D eigenvalue weighted by atomic mass is 9.76. The standard InChI is InChI=1S/C30H24BrCl2NO2/c1-35-27-14-19(13-25(31)30(27)36-16-18-9-11-20(32)15-26(18)33)28-23-8-4-7-22(23)24-12-10-17-5-2-3-6-21(17)29(24)34-28/h2-7,9-15,22-23,28,34H,8,16H2,1H3/t22-,23+,28+/m1/s1. The third-order valence-corrected chi connectivity index (χ3v) is 8.44.